The van der Waals surface area contributed by atoms with Gasteiger partial charge < -0.3 is 5.32 Å². The second-order valence-electron chi connectivity index (χ2n) is 5.12. The van der Waals surface area contributed by atoms with E-state index in [0.717, 1.165) is 43.7 Å². The SMILES string of the molecule is CNCCc1ccc(CN2CCCCC2)c(F)c1. The predicted molar refractivity (Wildman–Crippen MR) is 73.2 cm³/mol. The minimum Gasteiger partial charge on any atom is -0.319 e. The zero-order valence-corrected chi connectivity index (χ0v) is 11.2. The number of benzene rings is 1. The summed E-state index contributed by atoms with van der Waals surface area (Å²) in [5.41, 5.74) is 1.91. The van der Waals surface area contributed by atoms with Crippen LogP contribution in [0, 0.1) is 5.82 Å². The van der Waals surface area contributed by atoms with Crippen molar-refractivity contribution in [2.75, 3.05) is 26.7 Å². The lowest BCUT2D eigenvalue weighted by Gasteiger charge is -2.26. The fourth-order valence-corrected chi connectivity index (χ4v) is 2.50. The zero-order valence-electron chi connectivity index (χ0n) is 11.2. The Balaban J connectivity index is 1.95. The lowest BCUT2D eigenvalue weighted by Crippen LogP contribution is -2.29. The fourth-order valence-electron chi connectivity index (χ4n) is 2.50. The molecule has 0 bridgehead atoms. The van der Waals surface area contributed by atoms with E-state index in [-0.39, 0.29) is 5.82 Å². The number of nitrogens with zero attached hydrogens (tertiary/aromatic N) is 1. The van der Waals surface area contributed by atoms with E-state index in [2.05, 4.69) is 16.3 Å². The second-order valence-corrected chi connectivity index (χ2v) is 5.12. The molecule has 2 rings (SSSR count). The van der Waals surface area contributed by atoms with Crippen molar-refractivity contribution in [3.63, 3.8) is 0 Å². The van der Waals surface area contributed by atoms with E-state index in [0.29, 0.717) is 0 Å². The molecular weight excluding hydrogens is 227 g/mol. The third kappa shape index (κ3) is 3.79. The summed E-state index contributed by atoms with van der Waals surface area (Å²) in [5.74, 6) is -0.0471. The maximum atomic E-state index is 14.0. The van der Waals surface area contributed by atoms with Crippen molar-refractivity contribution in [1.29, 1.82) is 0 Å². The van der Waals surface area contributed by atoms with Gasteiger partial charge in [-0.1, -0.05) is 18.6 Å². The predicted octanol–water partition coefficient (Wildman–Crippen LogP) is 2.57. The van der Waals surface area contributed by atoms with Crippen LogP contribution < -0.4 is 5.32 Å². The maximum absolute atomic E-state index is 14.0. The van der Waals surface area contributed by atoms with Crippen molar-refractivity contribution in [2.45, 2.75) is 32.2 Å². The van der Waals surface area contributed by atoms with Gasteiger partial charge in [-0.3, -0.25) is 4.90 Å². The van der Waals surface area contributed by atoms with Gasteiger partial charge in [-0.15, -0.1) is 0 Å². The Bertz CT molecular complexity index is 373. The molecule has 0 aromatic heterocycles. The number of piperidine rings is 1. The van der Waals surface area contributed by atoms with E-state index in [4.69, 9.17) is 0 Å². The quantitative estimate of drug-likeness (QED) is 0.864. The first-order valence-corrected chi connectivity index (χ1v) is 6.94. The molecule has 1 aromatic carbocycles. The molecule has 1 N–H and O–H groups in total. The van der Waals surface area contributed by atoms with Crippen molar-refractivity contribution < 1.29 is 4.39 Å². The Labute approximate surface area is 109 Å². The Morgan fingerprint density at radius 3 is 2.67 bits per heavy atom. The number of likely N-dealkylation sites (tertiary alicyclic amines) is 1. The van der Waals surface area contributed by atoms with E-state index >= 15 is 0 Å². The van der Waals surface area contributed by atoms with Crippen LogP contribution in [0.15, 0.2) is 18.2 Å². The van der Waals surface area contributed by atoms with Crippen molar-refractivity contribution in [3.8, 4) is 0 Å². The number of nitrogens with one attached hydrogen (secondary N) is 1. The van der Waals surface area contributed by atoms with Crippen LogP contribution in [-0.4, -0.2) is 31.6 Å². The Morgan fingerprint density at radius 2 is 2.00 bits per heavy atom. The molecule has 0 amide bonds. The molecular formula is C15H23FN2. The van der Waals surface area contributed by atoms with Crippen LogP contribution in [0.2, 0.25) is 0 Å². The topological polar surface area (TPSA) is 15.3 Å². The van der Waals surface area contributed by atoms with E-state index in [1.54, 1.807) is 6.07 Å². The third-order valence-corrected chi connectivity index (χ3v) is 3.62. The molecule has 1 heterocycles. The average molecular weight is 250 g/mol. The molecule has 3 heteroatoms. The fraction of sp³-hybridized carbons (Fsp3) is 0.600. The van der Waals surface area contributed by atoms with Gasteiger partial charge in [0.05, 0.1) is 0 Å². The molecule has 0 unspecified atom stereocenters. The van der Waals surface area contributed by atoms with Crippen LogP contribution in [0.3, 0.4) is 0 Å². The van der Waals surface area contributed by atoms with Gasteiger partial charge in [0.1, 0.15) is 5.82 Å². The normalized spacial score (nSPS) is 17.0. The number of likely N-dealkylation sites (N-methyl/N-ethyl adjacent to an activating group) is 1. The lowest BCUT2D eigenvalue weighted by atomic mass is 10.1. The van der Waals surface area contributed by atoms with Crippen LogP contribution in [0.4, 0.5) is 4.39 Å². The molecule has 1 fully saturated rings. The van der Waals surface area contributed by atoms with Crippen molar-refractivity contribution in [1.82, 2.24) is 10.2 Å². The molecule has 18 heavy (non-hydrogen) atoms. The van der Waals surface area contributed by atoms with Gasteiger partial charge in [-0.05, 0) is 57.6 Å². The Kier molecular flexibility index (Phi) is 5.14. The van der Waals surface area contributed by atoms with Crippen molar-refractivity contribution in [3.05, 3.63) is 35.1 Å². The molecule has 1 aromatic rings. The first-order chi connectivity index (χ1) is 8.79. The molecule has 0 atom stereocenters. The smallest absolute Gasteiger partial charge is 0.127 e. The number of hydrogen-bond acceptors (Lipinski definition) is 2. The standard InChI is InChI=1S/C15H23FN2/c1-17-8-7-13-5-6-14(15(16)11-13)12-18-9-3-2-4-10-18/h5-6,11,17H,2-4,7-10,12H2,1H3. The van der Waals surface area contributed by atoms with Crippen LogP contribution in [0.25, 0.3) is 0 Å². The first-order valence-electron chi connectivity index (χ1n) is 6.94. The van der Waals surface area contributed by atoms with Gasteiger partial charge in [0.15, 0.2) is 0 Å². The van der Waals surface area contributed by atoms with Crippen LogP contribution in [-0.2, 0) is 13.0 Å². The summed E-state index contributed by atoms with van der Waals surface area (Å²) in [6, 6.07) is 5.70. The van der Waals surface area contributed by atoms with Gasteiger partial charge >= 0.3 is 0 Å². The number of hydrogen-bond donors (Lipinski definition) is 1. The van der Waals surface area contributed by atoms with Crippen LogP contribution >= 0.6 is 0 Å². The van der Waals surface area contributed by atoms with Crippen molar-refractivity contribution in [2.24, 2.45) is 0 Å². The summed E-state index contributed by atoms with van der Waals surface area (Å²) in [7, 11) is 1.92. The number of rotatable bonds is 5. The van der Waals surface area contributed by atoms with E-state index in [1.165, 1.54) is 19.3 Å². The third-order valence-electron chi connectivity index (χ3n) is 3.62. The van der Waals surface area contributed by atoms with Gasteiger partial charge in [0.2, 0.25) is 0 Å². The molecule has 0 aliphatic carbocycles. The largest absolute Gasteiger partial charge is 0.319 e. The Morgan fingerprint density at radius 1 is 1.22 bits per heavy atom. The van der Waals surface area contributed by atoms with Gasteiger partial charge in [0, 0.05) is 12.1 Å². The van der Waals surface area contributed by atoms with E-state index in [9.17, 15) is 4.39 Å². The van der Waals surface area contributed by atoms with Gasteiger partial charge in [-0.25, -0.2) is 4.39 Å². The molecule has 0 spiro atoms. The molecule has 2 nitrogen and oxygen atoms in total. The Hall–Kier alpha value is -0.930. The van der Waals surface area contributed by atoms with Crippen molar-refractivity contribution >= 4 is 0 Å². The summed E-state index contributed by atoms with van der Waals surface area (Å²) >= 11 is 0. The maximum Gasteiger partial charge on any atom is 0.127 e. The summed E-state index contributed by atoms with van der Waals surface area (Å²) in [5, 5.41) is 3.09. The highest BCUT2D eigenvalue weighted by molar-refractivity contribution is 5.24. The summed E-state index contributed by atoms with van der Waals surface area (Å²) in [6.07, 6.45) is 4.71. The molecule has 1 aliphatic heterocycles. The first kappa shape index (κ1) is 13.5. The van der Waals surface area contributed by atoms with E-state index in [1.807, 2.05) is 13.1 Å². The molecule has 0 saturated carbocycles. The average Bonchev–Trinajstić information content (AvgIpc) is 2.40. The van der Waals surface area contributed by atoms with E-state index < -0.39 is 0 Å². The number of halogens is 1. The lowest BCUT2D eigenvalue weighted by molar-refractivity contribution is 0.218. The highest BCUT2D eigenvalue weighted by atomic mass is 19.1. The van der Waals surface area contributed by atoms with Gasteiger partial charge in [0.25, 0.3) is 0 Å². The molecule has 1 aliphatic rings. The molecule has 100 valence electrons. The summed E-state index contributed by atoms with van der Waals surface area (Å²) in [4.78, 5) is 2.36. The minimum atomic E-state index is -0.0471. The zero-order chi connectivity index (χ0) is 12.8. The summed E-state index contributed by atoms with van der Waals surface area (Å²) in [6.45, 7) is 3.88. The highest BCUT2D eigenvalue weighted by Gasteiger charge is 2.12. The van der Waals surface area contributed by atoms with Crippen LogP contribution in [0.1, 0.15) is 30.4 Å². The summed E-state index contributed by atoms with van der Waals surface area (Å²) < 4.78 is 14.0. The molecule has 0 radical (unpaired) electrons. The minimum absolute atomic E-state index is 0.0471. The highest BCUT2D eigenvalue weighted by Crippen LogP contribution is 2.16. The monoisotopic (exact) mass is 250 g/mol. The van der Waals surface area contributed by atoms with Crippen LogP contribution in [0.5, 0.6) is 0 Å². The second kappa shape index (κ2) is 6.86. The molecule has 1 saturated heterocycles. The van der Waals surface area contributed by atoms with Gasteiger partial charge in [-0.2, -0.15) is 0 Å².